The van der Waals surface area contributed by atoms with E-state index in [1.54, 1.807) is 0 Å². The zero-order valence-corrected chi connectivity index (χ0v) is 16.5. The van der Waals surface area contributed by atoms with Crippen LogP contribution < -0.4 is 0 Å². The van der Waals surface area contributed by atoms with E-state index in [2.05, 4.69) is 21.6 Å². The van der Waals surface area contributed by atoms with Crippen molar-refractivity contribution in [1.82, 2.24) is 14.7 Å². The summed E-state index contributed by atoms with van der Waals surface area (Å²) in [4.78, 5) is 7.66. The highest BCUT2D eigenvalue weighted by Crippen LogP contribution is 2.02. The normalized spacial score (nSPS) is 19.8. The molecule has 0 amide bonds. The fourth-order valence-corrected chi connectivity index (χ4v) is 2.44. The van der Waals surface area contributed by atoms with Crippen molar-refractivity contribution < 1.29 is 4.74 Å². The number of rotatable bonds is 4. The summed E-state index contributed by atoms with van der Waals surface area (Å²) in [6.45, 7) is 27.0. The minimum atomic E-state index is 0.920. The van der Waals surface area contributed by atoms with Crippen molar-refractivity contribution in [3.8, 4) is 0 Å². The van der Waals surface area contributed by atoms with E-state index < -0.39 is 0 Å². The van der Waals surface area contributed by atoms with Gasteiger partial charge in [0, 0.05) is 52.4 Å². The Balaban J connectivity index is 0. The minimum absolute atomic E-state index is 0.920. The zero-order chi connectivity index (χ0) is 17.2. The lowest BCUT2D eigenvalue weighted by atomic mass is 10.3. The van der Waals surface area contributed by atoms with Gasteiger partial charge in [-0.3, -0.25) is 9.80 Å². The molecule has 2 fully saturated rings. The largest absolute Gasteiger partial charge is 0.379 e. The van der Waals surface area contributed by atoms with Gasteiger partial charge in [0.15, 0.2) is 0 Å². The van der Waals surface area contributed by atoms with Crippen LogP contribution in [0.4, 0.5) is 0 Å². The van der Waals surface area contributed by atoms with E-state index in [0.29, 0.717) is 0 Å². The zero-order valence-electron chi connectivity index (χ0n) is 16.5. The van der Waals surface area contributed by atoms with E-state index in [-0.39, 0.29) is 0 Å². The van der Waals surface area contributed by atoms with E-state index >= 15 is 0 Å². The van der Waals surface area contributed by atoms with E-state index in [0.717, 1.165) is 26.3 Å². The highest BCUT2D eigenvalue weighted by Gasteiger charge is 2.16. The number of likely N-dealkylation sites (N-methyl/N-ethyl adjacent to an activating group) is 1. The van der Waals surface area contributed by atoms with Gasteiger partial charge in [-0.05, 0) is 6.54 Å². The second-order valence-corrected chi connectivity index (χ2v) is 4.73. The molecule has 2 aliphatic heterocycles. The first-order chi connectivity index (χ1) is 10.9. The first-order valence-corrected chi connectivity index (χ1v) is 9.63. The van der Waals surface area contributed by atoms with E-state index in [4.69, 9.17) is 4.74 Å². The third kappa shape index (κ3) is 11.4. The Bertz CT molecular complexity index is 189. The molecule has 0 radical (unpaired) electrons. The Labute approximate surface area is 140 Å². The van der Waals surface area contributed by atoms with Gasteiger partial charge in [-0.1, -0.05) is 48.5 Å². The summed E-state index contributed by atoms with van der Waals surface area (Å²) in [5.74, 6) is 0. The molecular weight excluding hydrogens is 274 g/mol. The second-order valence-electron chi connectivity index (χ2n) is 4.73. The van der Waals surface area contributed by atoms with Gasteiger partial charge < -0.3 is 9.64 Å². The lowest BCUT2D eigenvalue weighted by Crippen LogP contribution is -2.49. The van der Waals surface area contributed by atoms with Gasteiger partial charge in [-0.25, -0.2) is 0 Å². The van der Waals surface area contributed by atoms with Crippen molar-refractivity contribution in [3.63, 3.8) is 0 Å². The van der Waals surface area contributed by atoms with Crippen LogP contribution in [0.3, 0.4) is 0 Å². The molecule has 2 heterocycles. The highest BCUT2D eigenvalue weighted by molar-refractivity contribution is 4.72. The van der Waals surface area contributed by atoms with Gasteiger partial charge in [-0.2, -0.15) is 0 Å². The van der Waals surface area contributed by atoms with Gasteiger partial charge in [-0.15, -0.1) is 0 Å². The maximum absolute atomic E-state index is 5.36. The monoisotopic (exact) mass is 317 g/mol. The predicted octanol–water partition coefficient (Wildman–Crippen LogP) is 3.03. The molecule has 0 saturated carbocycles. The van der Waals surface area contributed by atoms with Crippen LogP contribution in [0, 0.1) is 0 Å². The molecule has 2 rings (SSSR count). The van der Waals surface area contributed by atoms with Crippen molar-refractivity contribution in [2.45, 2.75) is 48.5 Å². The Morgan fingerprint density at radius 1 is 0.591 bits per heavy atom. The number of hydrogen-bond donors (Lipinski definition) is 0. The van der Waals surface area contributed by atoms with Crippen LogP contribution in [0.15, 0.2) is 0 Å². The van der Waals surface area contributed by atoms with Crippen LogP contribution >= 0.6 is 0 Å². The molecule has 2 saturated heterocycles. The van der Waals surface area contributed by atoms with Gasteiger partial charge in [0.25, 0.3) is 0 Å². The number of hydrogen-bond acceptors (Lipinski definition) is 4. The van der Waals surface area contributed by atoms with Crippen molar-refractivity contribution >= 4 is 0 Å². The molecule has 0 aromatic rings. The topological polar surface area (TPSA) is 19.0 Å². The molecule has 136 valence electrons. The molecule has 22 heavy (non-hydrogen) atoms. The average molecular weight is 318 g/mol. The van der Waals surface area contributed by atoms with E-state index in [9.17, 15) is 0 Å². The van der Waals surface area contributed by atoms with E-state index in [1.165, 1.54) is 45.8 Å². The van der Waals surface area contributed by atoms with Crippen molar-refractivity contribution in [3.05, 3.63) is 0 Å². The number of piperazine rings is 1. The van der Waals surface area contributed by atoms with Crippen molar-refractivity contribution in [2.75, 3.05) is 72.1 Å². The molecular formula is C18H43N3O. The van der Waals surface area contributed by atoms with E-state index in [1.807, 2.05) is 41.5 Å². The first kappa shape index (κ1) is 24.1. The third-order valence-corrected chi connectivity index (χ3v) is 3.75. The van der Waals surface area contributed by atoms with Crippen LogP contribution in [-0.4, -0.2) is 86.8 Å². The molecule has 0 unspecified atom stereocenters. The molecule has 4 heteroatoms. The Hall–Kier alpha value is -0.160. The lowest BCUT2D eigenvalue weighted by Gasteiger charge is -2.35. The fraction of sp³-hybridized carbons (Fsp3) is 1.00. The van der Waals surface area contributed by atoms with Crippen LogP contribution in [0.5, 0.6) is 0 Å². The summed E-state index contributed by atoms with van der Waals surface area (Å²) >= 11 is 0. The summed E-state index contributed by atoms with van der Waals surface area (Å²) in [5, 5.41) is 0. The van der Waals surface area contributed by atoms with Crippen LogP contribution in [0.1, 0.15) is 48.5 Å². The van der Waals surface area contributed by atoms with Crippen LogP contribution in [0.2, 0.25) is 0 Å². The average Bonchev–Trinajstić information content (AvgIpc) is 2.66. The lowest BCUT2D eigenvalue weighted by molar-refractivity contribution is 0.0301. The smallest absolute Gasteiger partial charge is 0.0594 e. The van der Waals surface area contributed by atoms with Crippen molar-refractivity contribution in [2.24, 2.45) is 0 Å². The molecule has 2 aliphatic rings. The van der Waals surface area contributed by atoms with Gasteiger partial charge in [0.05, 0.1) is 13.2 Å². The molecule has 0 spiro atoms. The summed E-state index contributed by atoms with van der Waals surface area (Å²) in [5.41, 5.74) is 0. The maximum Gasteiger partial charge on any atom is 0.0594 e. The Morgan fingerprint density at radius 3 is 1.36 bits per heavy atom. The summed E-state index contributed by atoms with van der Waals surface area (Å²) in [6, 6.07) is 0. The Kier molecular flexibility index (Phi) is 20.7. The van der Waals surface area contributed by atoms with Gasteiger partial charge in [0.2, 0.25) is 0 Å². The number of ether oxygens (including phenoxy) is 1. The first-order valence-electron chi connectivity index (χ1n) is 9.63. The van der Waals surface area contributed by atoms with Crippen LogP contribution in [0.25, 0.3) is 0 Å². The summed E-state index contributed by atoms with van der Waals surface area (Å²) in [6.07, 6.45) is 0. The standard InChI is InChI=1S/C12H25N3O.3C2H6/c1-2-13-3-5-14(6-4-13)7-8-15-9-11-16-12-10-15;3*1-2/h2-12H2,1H3;3*1-2H3. The summed E-state index contributed by atoms with van der Waals surface area (Å²) in [7, 11) is 0. The number of nitrogens with zero attached hydrogens (tertiary/aromatic N) is 3. The second kappa shape index (κ2) is 18.9. The Morgan fingerprint density at radius 2 is 0.955 bits per heavy atom. The highest BCUT2D eigenvalue weighted by atomic mass is 16.5. The summed E-state index contributed by atoms with van der Waals surface area (Å²) < 4.78 is 5.36. The molecule has 0 bridgehead atoms. The third-order valence-electron chi connectivity index (χ3n) is 3.75. The molecule has 0 aromatic carbocycles. The molecule has 0 atom stereocenters. The van der Waals surface area contributed by atoms with Crippen molar-refractivity contribution in [1.29, 1.82) is 0 Å². The quantitative estimate of drug-likeness (QED) is 0.793. The minimum Gasteiger partial charge on any atom is -0.379 e. The predicted molar refractivity (Wildman–Crippen MR) is 99.9 cm³/mol. The molecule has 0 N–H and O–H groups in total. The molecule has 4 nitrogen and oxygen atoms in total. The van der Waals surface area contributed by atoms with Crippen LogP contribution in [-0.2, 0) is 4.74 Å². The molecule has 0 aromatic heterocycles. The number of morpholine rings is 1. The van der Waals surface area contributed by atoms with Gasteiger partial charge in [0.1, 0.15) is 0 Å². The maximum atomic E-state index is 5.36. The molecule has 0 aliphatic carbocycles. The van der Waals surface area contributed by atoms with Gasteiger partial charge >= 0.3 is 0 Å². The fourth-order valence-electron chi connectivity index (χ4n) is 2.44. The SMILES string of the molecule is CC.CC.CC.CCN1CCN(CCN2CCOCC2)CC1.